The van der Waals surface area contributed by atoms with E-state index in [0.29, 0.717) is 19.7 Å². The first-order chi connectivity index (χ1) is 16.3. The summed E-state index contributed by atoms with van der Waals surface area (Å²) in [6.45, 7) is 3.07. The number of hydrogen-bond acceptors (Lipinski definition) is 3. The topological polar surface area (TPSA) is 63.2 Å². The summed E-state index contributed by atoms with van der Waals surface area (Å²) >= 11 is 0. The summed E-state index contributed by atoms with van der Waals surface area (Å²) in [4.78, 5) is 18.6. The molecule has 2 amide bonds. The molecule has 0 aliphatic carbocycles. The summed E-state index contributed by atoms with van der Waals surface area (Å²) in [7, 11) is 0. The van der Waals surface area contributed by atoms with E-state index in [1.165, 1.54) is 12.1 Å². The van der Waals surface area contributed by atoms with Gasteiger partial charge in [0.15, 0.2) is 0 Å². The Morgan fingerprint density at radius 1 is 0.941 bits per heavy atom. The molecule has 176 valence electrons. The fourth-order valence-electron chi connectivity index (χ4n) is 3.75. The standard InChI is InChI=1S/C25H22F3N3O3/c1-2-33-24(30-23(32)29-19-11-13-20(14-12-19)34-25(26,27)28)31-15-17-7-3-5-9-21(17)22-10-6-4-8-18(22)16-31/h3-14H,2,15-16H2,1H3,(H,29,32). The molecule has 1 heterocycles. The number of aliphatic imine (C=N–C) groups is 1. The summed E-state index contributed by atoms with van der Waals surface area (Å²) in [6.07, 6.45) is -4.79. The highest BCUT2D eigenvalue weighted by Gasteiger charge is 2.31. The first kappa shape index (κ1) is 23.2. The van der Waals surface area contributed by atoms with E-state index >= 15 is 0 Å². The molecule has 3 aromatic rings. The van der Waals surface area contributed by atoms with Gasteiger partial charge in [0.2, 0.25) is 0 Å². The molecule has 0 bridgehead atoms. The van der Waals surface area contributed by atoms with E-state index in [4.69, 9.17) is 4.74 Å². The van der Waals surface area contributed by atoms with E-state index in [2.05, 4.69) is 27.2 Å². The minimum absolute atomic E-state index is 0.156. The molecule has 3 aromatic carbocycles. The van der Waals surface area contributed by atoms with E-state index in [0.717, 1.165) is 34.4 Å². The number of halogens is 3. The van der Waals surface area contributed by atoms with Crippen LogP contribution in [-0.2, 0) is 17.8 Å². The third kappa shape index (κ3) is 5.67. The molecule has 0 spiro atoms. The number of carbonyl (C=O) groups is 1. The molecule has 0 aromatic heterocycles. The normalized spacial score (nSPS) is 13.4. The van der Waals surface area contributed by atoms with Crippen molar-refractivity contribution in [2.75, 3.05) is 11.9 Å². The minimum Gasteiger partial charge on any atom is -0.465 e. The van der Waals surface area contributed by atoms with E-state index in [-0.39, 0.29) is 17.5 Å². The number of fused-ring (bicyclic) bond motifs is 3. The lowest BCUT2D eigenvalue weighted by molar-refractivity contribution is -0.274. The lowest BCUT2D eigenvalue weighted by Crippen LogP contribution is -2.33. The largest absolute Gasteiger partial charge is 0.573 e. The molecule has 0 radical (unpaired) electrons. The van der Waals surface area contributed by atoms with Crippen LogP contribution < -0.4 is 10.1 Å². The number of alkyl halides is 3. The minimum atomic E-state index is -4.79. The molecule has 9 heteroatoms. The second kappa shape index (κ2) is 9.86. The number of nitrogens with one attached hydrogen (secondary N) is 1. The summed E-state index contributed by atoms with van der Waals surface area (Å²) in [5, 5.41) is 2.54. The van der Waals surface area contributed by atoms with Gasteiger partial charge in [0.1, 0.15) is 5.75 Å². The maximum Gasteiger partial charge on any atom is 0.573 e. The molecular weight excluding hydrogens is 447 g/mol. The zero-order chi connectivity index (χ0) is 24.1. The highest BCUT2D eigenvalue weighted by molar-refractivity contribution is 5.97. The Morgan fingerprint density at radius 2 is 1.50 bits per heavy atom. The number of rotatable bonds is 3. The van der Waals surface area contributed by atoms with E-state index in [1.54, 1.807) is 6.92 Å². The lowest BCUT2D eigenvalue weighted by Gasteiger charge is -2.24. The zero-order valence-corrected chi connectivity index (χ0v) is 18.3. The Hall–Kier alpha value is -4.01. The Morgan fingerprint density at radius 3 is 2.03 bits per heavy atom. The SMILES string of the molecule is CCOC(=NC(=O)Nc1ccc(OC(F)(F)F)cc1)N1Cc2ccccc2-c2ccccc2C1. The summed E-state index contributed by atoms with van der Waals surface area (Å²) < 4.78 is 46.6. The fourth-order valence-corrected chi connectivity index (χ4v) is 3.75. The Balaban J connectivity index is 1.56. The molecule has 0 saturated heterocycles. The van der Waals surface area contributed by atoms with Gasteiger partial charge in [-0.05, 0) is 53.4 Å². The number of urea groups is 1. The third-order valence-corrected chi connectivity index (χ3v) is 5.13. The predicted octanol–water partition coefficient (Wildman–Crippen LogP) is 6.19. The number of hydrogen-bond donors (Lipinski definition) is 1. The van der Waals surface area contributed by atoms with Gasteiger partial charge in [-0.2, -0.15) is 0 Å². The number of benzene rings is 3. The highest BCUT2D eigenvalue weighted by atomic mass is 19.4. The van der Waals surface area contributed by atoms with E-state index in [9.17, 15) is 18.0 Å². The molecule has 6 nitrogen and oxygen atoms in total. The van der Waals surface area contributed by atoms with Gasteiger partial charge in [-0.15, -0.1) is 18.2 Å². The molecule has 1 aliphatic rings. The first-order valence-electron chi connectivity index (χ1n) is 10.6. The van der Waals surface area contributed by atoms with Crippen molar-refractivity contribution in [2.45, 2.75) is 26.4 Å². The van der Waals surface area contributed by atoms with Crippen molar-refractivity contribution >= 4 is 17.7 Å². The number of ether oxygens (including phenoxy) is 2. The van der Waals surface area contributed by atoms with Crippen molar-refractivity contribution in [1.29, 1.82) is 0 Å². The van der Waals surface area contributed by atoms with Crippen LogP contribution in [0.3, 0.4) is 0 Å². The van der Waals surface area contributed by atoms with Crippen LogP contribution in [-0.4, -0.2) is 29.9 Å². The van der Waals surface area contributed by atoms with Crippen LogP contribution in [0.1, 0.15) is 18.1 Å². The van der Waals surface area contributed by atoms with Crippen molar-refractivity contribution in [2.24, 2.45) is 4.99 Å². The first-order valence-corrected chi connectivity index (χ1v) is 10.6. The average Bonchev–Trinajstić information content (AvgIpc) is 2.96. The summed E-state index contributed by atoms with van der Waals surface area (Å²) in [5.41, 5.74) is 4.64. The molecule has 4 rings (SSSR count). The van der Waals surface area contributed by atoms with Crippen LogP contribution in [0.25, 0.3) is 11.1 Å². The molecular formula is C25H22F3N3O3. The Bertz CT molecular complexity index is 1150. The van der Waals surface area contributed by atoms with Gasteiger partial charge >= 0.3 is 12.4 Å². The van der Waals surface area contributed by atoms with Crippen LogP contribution in [0.15, 0.2) is 77.8 Å². The van der Waals surface area contributed by atoms with Crippen LogP contribution in [0.5, 0.6) is 5.75 Å². The van der Waals surface area contributed by atoms with Gasteiger partial charge < -0.3 is 19.7 Å². The molecule has 0 unspecified atom stereocenters. The van der Waals surface area contributed by atoms with Crippen molar-refractivity contribution in [3.05, 3.63) is 83.9 Å². The van der Waals surface area contributed by atoms with Crippen LogP contribution in [0, 0.1) is 0 Å². The zero-order valence-electron chi connectivity index (χ0n) is 18.3. The Kier molecular flexibility index (Phi) is 6.72. The number of anilines is 1. The van der Waals surface area contributed by atoms with Crippen LogP contribution in [0.4, 0.5) is 23.7 Å². The van der Waals surface area contributed by atoms with Crippen molar-refractivity contribution in [3.63, 3.8) is 0 Å². The Labute approximate surface area is 194 Å². The molecule has 0 fully saturated rings. The summed E-state index contributed by atoms with van der Waals surface area (Å²) in [6, 6.07) is 20.3. The number of nitrogens with zero attached hydrogens (tertiary/aromatic N) is 2. The highest BCUT2D eigenvalue weighted by Crippen LogP contribution is 2.32. The van der Waals surface area contributed by atoms with Crippen molar-refractivity contribution < 1.29 is 27.4 Å². The van der Waals surface area contributed by atoms with E-state index < -0.39 is 12.4 Å². The van der Waals surface area contributed by atoms with Gasteiger partial charge in [-0.25, -0.2) is 4.79 Å². The molecule has 0 saturated carbocycles. The van der Waals surface area contributed by atoms with Gasteiger partial charge in [0.25, 0.3) is 6.02 Å². The molecule has 1 N–H and O–H groups in total. The summed E-state index contributed by atoms with van der Waals surface area (Å²) in [5.74, 6) is -0.383. The van der Waals surface area contributed by atoms with Crippen LogP contribution >= 0.6 is 0 Å². The van der Waals surface area contributed by atoms with Crippen molar-refractivity contribution in [1.82, 2.24) is 4.90 Å². The van der Waals surface area contributed by atoms with Gasteiger partial charge in [-0.3, -0.25) is 0 Å². The average molecular weight is 469 g/mol. The molecule has 34 heavy (non-hydrogen) atoms. The smallest absolute Gasteiger partial charge is 0.465 e. The maximum atomic E-state index is 12.6. The van der Waals surface area contributed by atoms with Gasteiger partial charge in [0.05, 0.1) is 6.61 Å². The molecule has 1 aliphatic heterocycles. The fraction of sp³-hybridized carbons (Fsp3) is 0.200. The lowest BCUT2D eigenvalue weighted by atomic mass is 9.97. The molecule has 0 atom stereocenters. The van der Waals surface area contributed by atoms with Gasteiger partial charge in [-0.1, -0.05) is 48.5 Å². The third-order valence-electron chi connectivity index (χ3n) is 5.13. The number of amides is 2. The van der Waals surface area contributed by atoms with Crippen LogP contribution in [0.2, 0.25) is 0 Å². The maximum absolute atomic E-state index is 12.6. The number of carbonyl (C=O) groups excluding carboxylic acids is 1. The van der Waals surface area contributed by atoms with Gasteiger partial charge in [0, 0.05) is 18.8 Å². The second-order valence-corrected chi connectivity index (χ2v) is 7.50. The van der Waals surface area contributed by atoms with E-state index in [1.807, 2.05) is 41.3 Å². The quantitative estimate of drug-likeness (QED) is 0.367. The number of amidine groups is 1. The monoisotopic (exact) mass is 469 g/mol. The second-order valence-electron chi connectivity index (χ2n) is 7.50. The predicted molar refractivity (Wildman–Crippen MR) is 122 cm³/mol. The van der Waals surface area contributed by atoms with Crippen molar-refractivity contribution in [3.8, 4) is 16.9 Å².